The molecular weight excluding hydrogens is 548 g/mol. The van der Waals surface area contributed by atoms with Crippen molar-refractivity contribution in [2.45, 2.75) is 78.0 Å². The van der Waals surface area contributed by atoms with Crippen LogP contribution in [0.1, 0.15) is 47.3 Å². The monoisotopic (exact) mass is 592 g/mol. The second-order valence-electron chi connectivity index (χ2n) is 13.1. The van der Waals surface area contributed by atoms with Crippen molar-refractivity contribution in [1.29, 1.82) is 0 Å². The number of ether oxygens (including phenoxy) is 2. The third-order valence-electron chi connectivity index (χ3n) is 8.34. The number of carbonyl (C=O) groups excluding carboxylic acids is 1. The van der Waals surface area contributed by atoms with E-state index in [0.717, 1.165) is 39.7 Å². The van der Waals surface area contributed by atoms with Crippen molar-refractivity contribution in [1.82, 2.24) is 19.8 Å². The highest BCUT2D eigenvalue weighted by atomic mass is 28.3. The number of fused-ring (bicyclic) bond motifs is 1. The minimum Gasteiger partial charge on any atom is -0.493 e. The summed E-state index contributed by atoms with van der Waals surface area (Å²) in [6.07, 6.45) is 4.44. The number of nitrogens with one attached hydrogen (secondary N) is 1. The molecule has 2 amide bonds. The average Bonchev–Trinajstić information content (AvgIpc) is 3.72. The van der Waals surface area contributed by atoms with Crippen molar-refractivity contribution >= 4 is 31.1 Å². The molecule has 1 saturated heterocycles. The van der Waals surface area contributed by atoms with Gasteiger partial charge < -0.3 is 29.4 Å². The number of carbonyl (C=O) groups is 2. The normalized spacial score (nSPS) is 16.2. The van der Waals surface area contributed by atoms with Gasteiger partial charge in [-0.2, -0.15) is 0 Å². The van der Waals surface area contributed by atoms with Crippen molar-refractivity contribution in [2.24, 2.45) is 5.92 Å². The smallest absolute Gasteiger partial charge is 0.407 e. The highest BCUT2D eigenvalue weighted by Gasteiger charge is 2.29. The Balaban J connectivity index is 1.52. The van der Waals surface area contributed by atoms with Crippen LogP contribution in [0.3, 0.4) is 0 Å². The molecule has 0 atom stereocenters. The van der Waals surface area contributed by atoms with E-state index in [9.17, 15) is 14.7 Å². The largest absolute Gasteiger partial charge is 0.493 e. The van der Waals surface area contributed by atoms with Crippen LogP contribution < -0.4 is 10.1 Å². The number of aryl methyl sites for hydroxylation is 1. The van der Waals surface area contributed by atoms with E-state index in [1.54, 1.807) is 6.20 Å². The van der Waals surface area contributed by atoms with Crippen LogP contribution in [0.25, 0.3) is 22.2 Å². The lowest BCUT2D eigenvalue weighted by Gasteiger charge is -2.30. The van der Waals surface area contributed by atoms with Gasteiger partial charge >= 0.3 is 6.09 Å². The maximum absolute atomic E-state index is 13.8. The molecule has 3 aromatic rings. The van der Waals surface area contributed by atoms with Crippen molar-refractivity contribution in [3.63, 3.8) is 0 Å². The number of piperidine rings is 1. The number of carboxylic acid groups (broad SMARTS) is 1. The minimum absolute atomic E-state index is 0.0960. The van der Waals surface area contributed by atoms with Crippen LogP contribution in [0, 0.1) is 19.8 Å². The zero-order valence-corrected chi connectivity index (χ0v) is 26.5. The Hall–Kier alpha value is -3.37. The summed E-state index contributed by atoms with van der Waals surface area (Å²) >= 11 is 0. The summed E-state index contributed by atoms with van der Waals surface area (Å²) in [7, 11) is -1.27. The first kappa shape index (κ1) is 30.1. The molecule has 1 aromatic carbocycles. The molecule has 42 heavy (non-hydrogen) atoms. The van der Waals surface area contributed by atoms with Crippen LogP contribution in [-0.2, 0) is 11.5 Å². The lowest BCUT2D eigenvalue weighted by Crippen LogP contribution is -2.46. The van der Waals surface area contributed by atoms with Crippen LogP contribution in [0.15, 0.2) is 30.5 Å². The van der Waals surface area contributed by atoms with Gasteiger partial charge in [-0.3, -0.25) is 9.78 Å². The molecule has 3 heterocycles. The van der Waals surface area contributed by atoms with Gasteiger partial charge in [-0.25, -0.2) is 4.79 Å². The van der Waals surface area contributed by atoms with E-state index in [1.807, 2.05) is 19.1 Å². The summed E-state index contributed by atoms with van der Waals surface area (Å²) in [6.45, 7) is 13.5. The fourth-order valence-electron chi connectivity index (χ4n) is 5.51. The number of pyridine rings is 1. The molecule has 1 aliphatic carbocycles. The Morgan fingerprint density at radius 2 is 1.81 bits per heavy atom. The van der Waals surface area contributed by atoms with Gasteiger partial charge in [0, 0.05) is 56.8 Å². The molecule has 2 aromatic heterocycles. The van der Waals surface area contributed by atoms with Crippen LogP contribution >= 0.6 is 0 Å². The molecule has 1 saturated carbocycles. The second-order valence-corrected chi connectivity index (χ2v) is 18.7. The number of amides is 2. The lowest BCUT2D eigenvalue weighted by molar-refractivity contribution is 0.0874. The Bertz CT molecular complexity index is 1450. The number of rotatable bonds is 11. The maximum atomic E-state index is 13.8. The first-order valence-corrected chi connectivity index (χ1v) is 18.8. The number of hydrogen-bond acceptors (Lipinski definition) is 5. The van der Waals surface area contributed by atoms with E-state index in [4.69, 9.17) is 14.5 Å². The molecule has 226 valence electrons. The van der Waals surface area contributed by atoms with Gasteiger partial charge in [0.1, 0.15) is 18.0 Å². The topological polar surface area (TPSA) is 106 Å². The van der Waals surface area contributed by atoms with Crippen molar-refractivity contribution in [3.05, 3.63) is 47.3 Å². The van der Waals surface area contributed by atoms with Crippen molar-refractivity contribution < 1.29 is 24.2 Å². The molecule has 2 aliphatic rings. The quantitative estimate of drug-likeness (QED) is 0.200. The molecule has 2 N–H and O–H groups in total. The molecule has 0 unspecified atom stereocenters. The number of aromatic nitrogens is 2. The summed E-state index contributed by atoms with van der Waals surface area (Å²) < 4.78 is 14.6. The predicted octanol–water partition coefficient (Wildman–Crippen LogP) is 6.29. The summed E-state index contributed by atoms with van der Waals surface area (Å²) in [5.74, 6) is 1.27. The third kappa shape index (κ3) is 6.98. The highest BCUT2D eigenvalue weighted by Crippen LogP contribution is 2.39. The van der Waals surface area contributed by atoms with Gasteiger partial charge in [0.15, 0.2) is 0 Å². The number of hydrogen-bond donors (Lipinski definition) is 2. The van der Waals surface area contributed by atoms with Gasteiger partial charge in [0.05, 0.1) is 17.7 Å². The molecule has 10 heteroatoms. The number of likely N-dealkylation sites (tertiary alicyclic amines) is 1. The van der Waals surface area contributed by atoms with Crippen LogP contribution in [0.2, 0.25) is 25.7 Å². The number of nitrogens with zero attached hydrogens (tertiary/aromatic N) is 3. The van der Waals surface area contributed by atoms with Gasteiger partial charge in [-0.15, -0.1) is 0 Å². The fraction of sp³-hybridized carbons (Fsp3) is 0.531. The van der Waals surface area contributed by atoms with E-state index < -0.39 is 14.2 Å². The Labute approximate surface area is 249 Å². The molecular formula is C32H44N4O5Si. The Morgan fingerprint density at radius 3 is 2.48 bits per heavy atom. The van der Waals surface area contributed by atoms with Crippen molar-refractivity contribution in [3.8, 4) is 16.9 Å². The number of benzene rings is 1. The molecule has 1 aliphatic heterocycles. The second kappa shape index (κ2) is 12.5. The first-order chi connectivity index (χ1) is 20.0. The van der Waals surface area contributed by atoms with Gasteiger partial charge in [0.25, 0.3) is 5.91 Å². The zero-order chi connectivity index (χ0) is 30.0. The van der Waals surface area contributed by atoms with E-state index in [2.05, 4.69) is 48.6 Å². The SMILES string of the molecule is Cc1ccc(OCC2CC2)c(-c2ccnc3c(C(=O)NC4CCN(C(=O)O)CC4)c(C)n(COCC[Si](C)(C)C)c23)c1. The molecule has 0 spiro atoms. The predicted molar refractivity (Wildman–Crippen MR) is 167 cm³/mol. The standard InChI is InChI=1S/C32H44N4O5Si/c1-21-6-9-27(41-19-23-7-8-23)26(18-21)25-10-13-33-29-28(31(37)34-24-11-14-35(15-12-24)32(38)39)22(2)36(30(25)29)20-40-16-17-42(3,4)5/h6,9-10,13,18,23-24H,7-8,11-12,14-17,19-20H2,1-5H3,(H,34,37)(H,38,39). The van der Waals surface area contributed by atoms with Crippen LogP contribution in [0.5, 0.6) is 5.75 Å². The van der Waals surface area contributed by atoms with E-state index in [-0.39, 0.29) is 11.9 Å². The van der Waals surface area contributed by atoms with Crippen LogP contribution in [-0.4, -0.2) is 72.0 Å². The molecule has 0 radical (unpaired) electrons. The molecule has 9 nitrogen and oxygen atoms in total. The van der Waals surface area contributed by atoms with E-state index in [0.29, 0.717) is 62.9 Å². The molecule has 5 rings (SSSR count). The van der Waals surface area contributed by atoms with Crippen molar-refractivity contribution in [2.75, 3.05) is 26.3 Å². The van der Waals surface area contributed by atoms with E-state index >= 15 is 0 Å². The summed E-state index contributed by atoms with van der Waals surface area (Å²) in [6, 6.07) is 9.22. The first-order valence-electron chi connectivity index (χ1n) is 15.1. The molecule has 0 bridgehead atoms. The zero-order valence-electron chi connectivity index (χ0n) is 25.5. The summed E-state index contributed by atoms with van der Waals surface area (Å²) in [5, 5.41) is 12.5. The van der Waals surface area contributed by atoms with E-state index in [1.165, 1.54) is 17.7 Å². The Morgan fingerprint density at radius 1 is 1.07 bits per heavy atom. The Kier molecular flexibility index (Phi) is 8.93. The summed E-state index contributed by atoms with van der Waals surface area (Å²) in [4.78, 5) is 31.3. The van der Waals surface area contributed by atoms with Gasteiger partial charge in [-0.1, -0.05) is 31.3 Å². The minimum atomic E-state index is -1.27. The lowest BCUT2D eigenvalue weighted by atomic mass is 10.0. The van der Waals surface area contributed by atoms with Crippen LogP contribution in [0.4, 0.5) is 4.79 Å². The average molecular weight is 593 g/mol. The maximum Gasteiger partial charge on any atom is 0.407 e. The summed E-state index contributed by atoms with van der Waals surface area (Å²) in [5.41, 5.74) is 5.89. The van der Waals surface area contributed by atoms with Gasteiger partial charge in [-0.05, 0) is 69.7 Å². The fourth-order valence-corrected chi connectivity index (χ4v) is 6.27. The highest BCUT2D eigenvalue weighted by molar-refractivity contribution is 6.76. The molecule has 2 fully saturated rings. The van der Waals surface area contributed by atoms with Gasteiger partial charge in [0.2, 0.25) is 0 Å². The third-order valence-corrected chi connectivity index (χ3v) is 10.0.